The lowest BCUT2D eigenvalue weighted by Gasteiger charge is -2.36. The van der Waals surface area contributed by atoms with Crippen molar-refractivity contribution in [3.63, 3.8) is 0 Å². The van der Waals surface area contributed by atoms with Crippen molar-refractivity contribution in [3.05, 3.63) is 59.7 Å². The Morgan fingerprint density at radius 3 is 2.31 bits per heavy atom. The van der Waals surface area contributed by atoms with E-state index in [-0.39, 0.29) is 12.1 Å². The highest BCUT2D eigenvalue weighted by molar-refractivity contribution is 5.75. The monoisotopic (exact) mass is 363 g/mol. The van der Waals surface area contributed by atoms with Crippen LogP contribution >= 0.6 is 0 Å². The fourth-order valence-electron chi connectivity index (χ4n) is 3.16. The molecular weight excluding hydrogens is 343 g/mol. The van der Waals surface area contributed by atoms with Crippen molar-refractivity contribution >= 4 is 17.8 Å². The molecule has 0 saturated carbocycles. The summed E-state index contributed by atoms with van der Waals surface area (Å²) >= 11 is 0. The smallest absolute Gasteiger partial charge is 0.369 e. The number of halogens is 3. The summed E-state index contributed by atoms with van der Waals surface area (Å²) in [7, 11) is 0. The first-order valence-electron chi connectivity index (χ1n) is 8.40. The van der Waals surface area contributed by atoms with Crippen LogP contribution < -0.4 is 10.2 Å². The van der Waals surface area contributed by atoms with Crippen molar-refractivity contribution in [3.8, 4) is 0 Å². The van der Waals surface area contributed by atoms with Crippen LogP contribution in [0.15, 0.2) is 48.5 Å². The number of hydrogen-bond donors (Lipinski definition) is 1. The Kier molecular flexibility index (Phi) is 5.46. The molecule has 138 valence electrons. The molecule has 7 heteroatoms. The van der Waals surface area contributed by atoms with E-state index in [0.29, 0.717) is 18.8 Å². The van der Waals surface area contributed by atoms with E-state index in [0.717, 1.165) is 25.7 Å². The van der Waals surface area contributed by atoms with Gasteiger partial charge in [0.2, 0.25) is 6.41 Å². The second-order valence-corrected chi connectivity index (χ2v) is 6.24. The van der Waals surface area contributed by atoms with E-state index in [4.69, 9.17) is 0 Å². The average Bonchev–Trinajstić information content (AvgIpc) is 2.63. The Morgan fingerprint density at radius 2 is 1.69 bits per heavy atom. The minimum Gasteiger partial charge on any atom is -0.369 e. The molecule has 0 bridgehead atoms. The van der Waals surface area contributed by atoms with E-state index in [1.165, 1.54) is 11.6 Å². The first-order valence-corrected chi connectivity index (χ1v) is 8.40. The van der Waals surface area contributed by atoms with Gasteiger partial charge in [0, 0.05) is 38.4 Å². The maximum atomic E-state index is 13.2. The van der Waals surface area contributed by atoms with Gasteiger partial charge >= 0.3 is 6.18 Å². The van der Waals surface area contributed by atoms with E-state index in [9.17, 15) is 18.0 Å². The van der Waals surface area contributed by atoms with Crippen molar-refractivity contribution in [1.82, 2.24) is 4.90 Å². The number of hydrogen-bond acceptors (Lipinski definition) is 3. The van der Waals surface area contributed by atoms with Gasteiger partial charge in [0.15, 0.2) is 0 Å². The molecular formula is C19H20F3N3O. The lowest BCUT2D eigenvalue weighted by Crippen LogP contribution is -2.46. The standard InChI is InChI=1S/C19H20F3N3O/c20-19(21,22)17-12-16(6-7-18(17)23-14-26)25-10-8-24(9-11-25)13-15-4-2-1-3-5-15/h1-7,12,14H,8-11,13H2,(H,23,26). The lowest BCUT2D eigenvalue weighted by atomic mass is 10.1. The first-order chi connectivity index (χ1) is 12.5. The molecule has 0 aromatic heterocycles. The number of carbonyl (C=O) groups is 1. The molecule has 0 radical (unpaired) electrons. The van der Waals surface area contributed by atoms with Gasteiger partial charge in [-0.05, 0) is 23.8 Å². The maximum absolute atomic E-state index is 13.2. The first kappa shape index (κ1) is 18.3. The zero-order chi connectivity index (χ0) is 18.6. The Hall–Kier alpha value is -2.54. The van der Waals surface area contributed by atoms with Crippen LogP contribution in [0, 0.1) is 0 Å². The molecule has 0 unspecified atom stereocenters. The fourth-order valence-corrected chi connectivity index (χ4v) is 3.16. The number of anilines is 2. The molecule has 26 heavy (non-hydrogen) atoms. The van der Waals surface area contributed by atoms with E-state index in [1.807, 2.05) is 23.1 Å². The van der Waals surface area contributed by atoms with Gasteiger partial charge in [-0.15, -0.1) is 0 Å². The van der Waals surface area contributed by atoms with E-state index < -0.39 is 11.7 Å². The van der Waals surface area contributed by atoms with Gasteiger partial charge in [-0.25, -0.2) is 0 Å². The van der Waals surface area contributed by atoms with Gasteiger partial charge < -0.3 is 10.2 Å². The third-order valence-corrected chi connectivity index (χ3v) is 4.51. The predicted octanol–water partition coefficient (Wildman–Crippen LogP) is 3.60. The third-order valence-electron chi connectivity index (χ3n) is 4.51. The Balaban J connectivity index is 1.68. The van der Waals surface area contributed by atoms with Gasteiger partial charge in [0.05, 0.1) is 11.3 Å². The summed E-state index contributed by atoms with van der Waals surface area (Å²) in [4.78, 5) is 14.8. The summed E-state index contributed by atoms with van der Waals surface area (Å²) in [5.74, 6) is 0. The molecule has 1 N–H and O–H groups in total. The SMILES string of the molecule is O=CNc1ccc(N2CCN(Cc3ccccc3)CC2)cc1C(F)(F)F. The number of piperazine rings is 1. The number of amides is 1. The summed E-state index contributed by atoms with van der Waals surface area (Å²) in [5, 5.41) is 2.12. The molecule has 3 rings (SSSR count). The predicted molar refractivity (Wildman–Crippen MR) is 95.1 cm³/mol. The van der Waals surface area contributed by atoms with E-state index >= 15 is 0 Å². The molecule has 2 aromatic rings. The van der Waals surface area contributed by atoms with Crippen molar-refractivity contribution in [2.24, 2.45) is 0 Å². The van der Waals surface area contributed by atoms with Crippen molar-refractivity contribution in [2.75, 3.05) is 36.4 Å². The van der Waals surface area contributed by atoms with Crippen LogP contribution in [0.25, 0.3) is 0 Å². The topological polar surface area (TPSA) is 35.6 Å². The molecule has 1 saturated heterocycles. The van der Waals surface area contributed by atoms with Crippen LogP contribution in [0.1, 0.15) is 11.1 Å². The summed E-state index contributed by atoms with van der Waals surface area (Å²) in [5.41, 5.74) is 0.700. The van der Waals surface area contributed by atoms with Crippen LogP contribution in [0.5, 0.6) is 0 Å². The Bertz CT molecular complexity index is 741. The summed E-state index contributed by atoms with van der Waals surface area (Å²) in [6.45, 7) is 3.72. The minimum atomic E-state index is -4.52. The molecule has 2 aromatic carbocycles. The van der Waals surface area contributed by atoms with Gasteiger partial charge in [0.25, 0.3) is 0 Å². The quantitative estimate of drug-likeness (QED) is 0.825. The maximum Gasteiger partial charge on any atom is 0.418 e. The zero-order valence-corrected chi connectivity index (χ0v) is 14.2. The second-order valence-electron chi connectivity index (χ2n) is 6.24. The molecule has 0 aliphatic carbocycles. The molecule has 1 heterocycles. The molecule has 1 aliphatic rings. The van der Waals surface area contributed by atoms with Crippen LogP contribution in [-0.2, 0) is 17.5 Å². The number of nitrogens with zero attached hydrogens (tertiary/aromatic N) is 2. The molecule has 1 fully saturated rings. The van der Waals surface area contributed by atoms with Crippen LogP contribution in [-0.4, -0.2) is 37.5 Å². The summed E-state index contributed by atoms with van der Waals surface area (Å²) in [6.07, 6.45) is -4.26. The molecule has 1 amide bonds. The number of carbonyl (C=O) groups excluding carboxylic acids is 1. The van der Waals surface area contributed by atoms with Gasteiger partial charge in [-0.1, -0.05) is 30.3 Å². The number of nitrogens with one attached hydrogen (secondary N) is 1. The van der Waals surface area contributed by atoms with Crippen LogP contribution in [0.2, 0.25) is 0 Å². The Labute approximate surface area is 150 Å². The number of alkyl halides is 3. The lowest BCUT2D eigenvalue weighted by molar-refractivity contribution is -0.136. The highest BCUT2D eigenvalue weighted by atomic mass is 19.4. The van der Waals surface area contributed by atoms with Crippen molar-refractivity contribution in [2.45, 2.75) is 12.7 Å². The number of rotatable bonds is 5. The highest BCUT2D eigenvalue weighted by Gasteiger charge is 2.34. The van der Waals surface area contributed by atoms with Gasteiger partial charge in [0.1, 0.15) is 0 Å². The summed E-state index contributed by atoms with van der Waals surface area (Å²) < 4.78 is 39.7. The van der Waals surface area contributed by atoms with Gasteiger partial charge in [-0.2, -0.15) is 13.2 Å². The second kappa shape index (κ2) is 7.78. The highest BCUT2D eigenvalue weighted by Crippen LogP contribution is 2.37. The molecule has 4 nitrogen and oxygen atoms in total. The average molecular weight is 363 g/mol. The van der Waals surface area contributed by atoms with Crippen LogP contribution in [0.4, 0.5) is 24.5 Å². The molecule has 0 atom stereocenters. The largest absolute Gasteiger partial charge is 0.418 e. The fraction of sp³-hybridized carbons (Fsp3) is 0.316. The molecule has 0 spiro atoms. The third kappa shape index (κ3) is 4.35. The van der Waals surface area contributed by atoms with Crippen LogP contribution in [0.3, 0.4) is 0 Å². The van der Waals surface area contributed by atoms with Crippen molar-refractivity contribution in [1.29, 1.82) is 0 Å². The normalized spacial score (nSPS) is 15.7. The van der Waals surface area contributed by atoms with Crippen molar-refractivity contribution < 1.29 is 18.0 Å². The summed E-state index contributed by atoms with van der Waals surface area (Å²) in [6, 6.07) is 14.2. The van der Waals surface area contributed by atoms with E-state index in [1.54, 1.807) is 6.07 Å². The van der Waals surface area contributed by atoms with Gasteiger partial charge in [-0.3, -0.25) is 9.69 Å². The van der Waals surface area contributed by atoms with E-state index in [2.05, 4.69) is 22.3 Å². The zero-order valence-electron chi connectivity index (χ0n) is 14.2. The Morgan fingerprint density at radius 1 is 1.00 bits per heavy atom. The number of benzene rings is 2. The molecule has 1 aliphatic heterocycles. The minimum absolute atomic E-state index is 0.223.